The van der Waals surface area contributed by atoms with E-state index in [4.69, 9.17) is 0 Å². The lowest BCUT2D eigenvalue weighted by Crippen LogP contribution is -2.13. The summed E-state index contributed by atoms with van der Waals surface area (Å²) >= 11 is 0. The molecule has 4 nitrogen and oxygen atoms in total. The van der Waals surface area contributed by atoms with Crippen molar-refractivity contribution in [3.8, 4) is 0 Å². The van der Waals surface area contributed by atoms with Crippen LogP contribution in [0.25, 0.3) is 0 Å². The number of hydrogen-bond donors (Lipinski definition) is 1. The molecule has 0 atom stereocenters. The fourth-order valence-electron chi connectivity index (χ4n) is 1.61. The minimum absolute atomic E-state index is 0.0428. The van der Waals surface area contributed by atoms with Crippen molar-refractivity contribution < 1.29 is 4.79 Å². The van der Waals surface area contributed by atoms with Gasteiger partial charge >= 0.3 is 0 Å². The largest absolute Gasteiger partial charge is 0.311 e. The van der Waals surface area contributed by atoms with Gasteiger partial charge in [-0.3, -0.25) is 9.78 Å². The lowest BCUT2D eigenvalue weighted by Gasteiger charge is -2.04. The predicted molar refractivity (Wildman–Crippen MR) is 70.2 cm³/mol. The number of anilines is 1. The third kappa shape index (κ3) is 3.66. The van der Waals surface area contributed by atoms with Crippen molar-refractivity contribution in [3.05, 3.63) is 54.0 Å². The van der Waals surface area contributed by atoms with Gasteiger partial charge in [-0.15, -0.1) is 0 Å². The highest BCUT2D eigenvalue weighted by Crippen LogP contribution is 2.05. The average Bonchev–Trinajstić information content (AvgIpc) is 2.38. The van der Waals surface area contributed by atoms with Gasteiger partial charge in [0.2, 0.25) is 5.91 Å². The molecule has 0 aromatic carbocycles. The summed E-state index contributed by atoms with van der Waals surface area (Å²) in [6, 6.07) is 11.2. The van der Waals surface area contributed by atoms with E-state index >= 15 is 0 Å². The number of aryl methyl sites for hydroxylation is 2. The highest BCUT2D eigenvalue weighted by Gasteiger charge is 2.04. The number of nitrogens with zero attached hydrogens (tertiary/aromatic N) is 2. The molecule has 2 aromatic rings. The topological polar surface area (TPSA) is 54.9 Å². The normalized spacial score (nSPS) is 10.1. The highest BCUT2D eigenvalue weighted by atomic mass is 16.1. The molecule has 0 bridgehead atoms. The first-order chi connectivity index (χ1) is 8.74. The fourth-order valence-corrected chi connectivity index (χ4v) is 1.61. The summed E-state index contributed by atoms with van der Waals surface area (Å²) in [6.45, 7) is 1.89. The molecule has 0 unspecified atom stereocenters. The Morgan fingerprint density at radius 3 is 2.83 bits per heavy atom. The number of rotatable bonds is 4. The van der Waals surface area contributed by atoms with Gasteiger partial charge in [0, 0.05) is 24.0 Å². The Morgan fingerprint density at radius 2 is 2.11 bits per heavy atom. The second kappa shape index (κ2) is 5.91. The molecule has 1 N–H and O–H groups in total. The zero-order valence-electron chi connectivity index (χ0n) is 10.3. The smallest absolute Gasteiger partial charge is 0.225 e. The van der Waals surface area contributed by atoms with Gasteiger partial charge < -0.3 is 5.32 Å². The van der Waals surface area contributed by atoms with Gasteiger partial charge in [-0.25, -0.2) is 4.98 Å². The van der Waals surface area contributed by atoms with E-state index in [9.17, 15) is 4.79 Å². The van der Waals surface area contributed by atoms with Crippen molar-refractivity contribution in [2.24, 2.45) is 0 Å². The number of nitrogens with one attached hydrogen (secondary N) is 1. The van der Waals surface area contributed by atoms with E-state index in [2.05, 4.69) is 15.3 Å². The maximum absolute atomic E-state index is 11.7. The maximum Gasteiger partial charge on any atom is 0.225 e. The SMILES string of the molecule is Cc1cccc(NC(=O)CCc2ccccn2)n1. The first-order valence-corrected chi connectivity index (χ1v) is 5.87. The van der Waals surface area contributed by atoms with Crippen molar-refractivity contribution >= 4 is 11.7 Å². The Balaban J connectivity index is 1.86. The van der Waals surface area contributed by atoms with Gasteiger partial charge in [-0.05, 0) is 37.6 Å². The van der Waals surface area contributed by atoms with Crippen LogP contribution in [-0.4, -0.2) is 15.9 Å². The van der Waals surface area contributed by atoms with Gasteiger partial charge in [0.1, 0.15) is 5.82 Å². The molecule has 0 saturated carbocycles. The summed E-state index contributed by atoms with van der Waals surface area (Å²) in [6.07, 6.45) is 2.78. The first kappa shape index (κ1) is 12.2. The minimum Gasteiger partial charge on any atom is -0.311 e. The molecule has 0 spiro atoms. The molecule has 1 amide bonds. The van der Waals surface area contributed by atoms with Crippen LogP contribution in [0.2, 0.25) is 0 Å². The Hall–Kier alpha value is -2.23. The molecule has 0 aliphatic rings. The molecule has 0 aliphatic carbocycles. The standard InChI is InChI=1S/C14H15N3O/c1-11-5-4-7-13(16-11)17-14(18)9-8-12-6-2-3-10-15-12/h2-7,10H,8-9H2,1H3,(H,16,17,18). The van der Waals surface area contributed by atoms with Crippen LogP contribution in [0.5, 0.6) is 0 Å². The minimum atomic E-state index is -0.0428. The van der Waals surface area contributed by atoms with E-state index in [1.54, 1.807) is 12.3 Å². The maximum atomic E-state index is 11.7. The van der Waals surface area contributed by atoms with Crippen LogP contribution in [-0.2, 0) is 11.2 Å². The van der Waals surface area contributed by atoms with Gasteiger partial charge in [-0.2, -0.15) is 0 Å². The third-order valence-corrected chi connectivity index (χ3v) is 2.49. The summed E-state index contributed by atoms with van der Waals surface area (Å²) in [5.74, 6) is 0.555. The van der Waals surface area contributed by atoms with Crippen LogP contribution in [0.15, 0.2) is 42.6 Å². The molecular weight excluding hydrogens is 226 g/mol. The zero-order chi connectivity index (χ0) is 12.8. The number of amides is 1. The lowest BCUT2D eigenvalue weighted by molar-refractivity contribution is -0.116. The first-order valence-electron chi connectivity index (χ1n) is 5.87. The van der Waals surface area contributed by atoms with Crippen molar-refractivity contribution in [3.63, 3.8) is 0 Å². The summed E-state index contributed by atoms with van der Waals surface area (Å²) in [7, 11) is 0. The number of pyridine rings is 2. The van der Waals surface area contributed by atoms with E-state index in [-0.39, 0.29) is 5.91 Å². The van der Waals surface area contributed by atoms with Gasteiger partial charge in [0.15, 0.2) is 0 Å². The molecule has 0 aliphatic heterocycles. The van der Waals surface area contributed by atoms with Crippen LogP contribution in [0.3, 0.4) is 0 Å². The van der Waals surface area contributed by atoms with E-state index in [0.717, 1.165) is 11.4 Å². The van der Waals surface area contributed by atoms with Gasteiger partial charge in [0.05, 0.1) is 0 Å². The van der Waals surface area contributed by atoms with Crippen LogP contribution >= 0.6 is 0 Å². The molecule has 18 heavy (non-hydrogen) atoms. The van der Waals surface area contributed by atoms with Crippen LogP contribution in [0.1, 0.15) is 17.8 Å². The summed E-state index contributed by atoms with van der Waals surface area (Å²) < 4.78 is 0. The molecule has 2 heterocycles. The van der Waals surface area contributed by atoms with E-state index < -0.39 is 0 Å². The summed E-state index contributed by atoms with van der Waals surface area (Å²) in [4.78, 5) is 20.1. The number of carbonyl (C=O) groups is 1. The number of carbonyl (C=O) groups excluding carboxylic acids is 1. The number of hydrogen-bond acceptors (Lipinski definition) is 3. The van der Waals surface area contributed by atoms with E-state index in [0.29, 0.717) is 18.7 Å². The third-order valence-electron chi connectivity index (χ3n) is 2.49. The molecule has 4 heteroatoms. The Labute approximate surface area is 106 Å². The van der Waals surface area contributed by atoms with Gasteiger partial charge in [0.25, 0.3) is 0 Å². The molecular formula is C14H15N3O. The Kier molecular flexibility index (Phi) is 4.02. The second-order valence-electron chi connectivity index (χ2n) is 4.03. The lowest BCUT2D eigenvalue weighted by atomic mass is 10.2. The molecule has 92 valence electrons. The van der Waals surface area contributed by atoms with Crippen LogP contribution in [0.4, 0.5) is 5.82 Å². The van der Waals surface area contributed by atoms with Crippen molar-refractivity contribution in [1.29, 1.82) is 0 Å². The monoisotopic (exact) mass is 241 g/mol. The van der Waals surface area contributed by atoms with Crippen LogP contribution < -0.4 is 5.32 Å². The van der Waals surface area contributed by atoms with Crippen molar-refractivity contribution in [1.82, 2.24) is 9.97 Å². The second-order valence-corrected chi connectivity index (χ2v) is 4.03. The van der Waals surface area contributed by atoms with Crippen molar-refractivity contribution in [2.45, 2.75) is 19.8 Å². The Morgan fingerprint density at radius 1 is 1.22 bits per heavy atom. The quantitative estimate of drug-likeness (QED) is 0.894. The average molecular weight is 241 g/mol. The molecule has 2 aromatic heterocycles. The van der Waals surface area contributed by atoms with E-state index in [1.165, 1.54) is 0 Å². The molecule has 0 fully saturated rings. The highest BCUT2D eigenvalue weighted by molar-refractivity contribution is 5.89. The van der Waals surface area contributed by atoms with Crippen molar-refractivity contribution in [2.75, 3.05) is 5.32 Å². The van der Waals surface area contributed by atoms with Gasteiger partial charge in [-0.1, -0.05) is 12.1 Å². The zero-order valence-corrected chi connectivity index (χ0v) is 10.3. The fraction of sp³-hybridized carbons (Fsp3) is 0.214. The van der Waals surface area contributed by atoms with E-state index in [1.807, 2.05) is 37.3 Å². The predicted octanol–water partition coefficient (Wildman–Crippen LogP) is 2.36. The molecule has 2 rings (SSSR count). The summed E-state index contributed by atoms with van der Waals surface area (Å²) in [5, 5.41) is 2.78. The summed E-state index contributed by atoms with van der Waals surface area (Å²) in [5.41, 5.74) is 1.81. The molecule has 0 saturated heterocycles. The van der Waals surface area contributed by atoms with Crippen LogP contribution in [0, 0.1) is 6.92 Å². The number of aromatic nitrogens is 2. The Bertz CT molecular complexity index is 526. The molecule has 0 radical (unpaired) electrons.